The third kappa shape index (κ3) is 3.35. The first kappa shape index (κ1) is 12.7. The minimum absolute atomic E-state index is 0.272. The lowest BCUT2D eigenvalue weighted by molar-refractivity contribution is 0.226. The zero-order chi connectivity index (χ0) is 12.3. The molecule has 1 aromatic rings. The van der Waals surface area contributed by atoms with Crippen LogP contribution in [0.15, 0.2) is 18.2 Å². The topological polar surface area (TPSA) is 35.5 Å². The van der Waals surface area contributed by atoms with Gasteiger partial charge in [0.15, 0.2) is 0 Å². The van der Waals surface area contributed by atoms with E-state index in [4.69, 9.17) is 11.6 Å². The van der Waals surface area contributed by atoms with Crippen LogP contribution in [-0.4, -0.2) is 36.2 Å². The maximum absolute atomic E-state index is 9.74. The van der Waals surface area contributed by atoms with Crippen molar-refractivity contribution in [3.63, 3.8) is 0 Å². The van der Waals surface area contributed by atoms with Crippen molar-refractivity contribution in [2.45, 2.75) is 25.4 Å². The highest BCUT2D eigenvalue weighted by Gasteiger charge is 2.17. The van der Waals surface area contributed by atoms with Crippen LogP contribution in [0.4, 0.5) is 0 Å². The van der Waals surface area contributed by atoms with Gasteiger partial charge in [-0.2, -0.15) is 0 Å². The number of nitrogens with zero attached hydrogens (tertiary/aromatic N) is 1. The quantitative estimate of drug-likeness (QED) is 0.868. The molecule has 1 saturated heterocycles. The van der Waals surface area contributed by atoms with Gasteiger partial charge in [0, 0.05) is 29.7 Å². The molecule has 0 radical (unpaired) electrons. The zero-order valence-electron chi connectivity index (χ0n) is 10.1. The SMILES string of the molecule is CN1CCCC(NCc2c(O)cccc2Cl)C1. The van der Waals surface area contributed by atoms with Gasteiger partial charge in [0.05, 0.1) is 0 Å². The van der Waals surface area contributed by atoms with Crippen LogP contribution >= 0.6 is 11.6 Å². The van der Waals surface area contributed by atoms with E-state index in [1.807, 2.05) is 6.07 Å². The molecule has 2 rings (SSSR count). The minimum atomic E-state index is 0.272. The Balaban J connectivity index is 1.93. The monoisotopic (exact) mass is 254 g/mol. The summed E-state index contributed by atoms with van der Waals surface area (Å²) in [5.74, 6) is 0.272. The predicted molar refractivity (Wildman–Crippen MR) is 70.5 cm³/mol. The number of phenols is 1. The molecule has 1 heterocycles. The van der Waals surface area contributed by atoms with Gasteiger partial charge in [0.1, 0.15) is 5.75 Å². The molecule has 17 heavy (non-hydrogen) atoms. The van der Waals surface area contributed by atoms with Gasteiger partial charge in [-0.05, 0) is 38.6 Å². The summed E-state index contributed by atoms with van der Waals surface area (Å²) in [7, 11) is 2.14. The molecule has 2 N–H and O–H groups in total. The Labute approximate surface area is 107 Å². The van der Waals surface area contributed by atoms with Crippen LogP contribution in [0, 0.1) is 0 Å². The van der Waals surface area contributed by atoms with Crippen LogP contribution in [0.5, 0.6) is 5.75 Å². The first-order valence-electron chi connectivity index (χ1n) is 6.05. The Bertz CT molecular complexity index is 363. The van der Waals surface area contributed by atoms with E-state index in [-0.39, 0.29) is 5.75 Å². The number of nitrogens with one attached hydrogen (secondary N) is 1. The molecule has 1 aliphatic rings. The van der Waals surface area contributed by atoms with Crippen molar-refractivity contribution in [2.24, 2.45) is 0 Å². The Morgan fingerprint density at radius 2 is 2.35 bits per heavy atom. The molecular formula is C13H19ClN2O. The zero-order valence-corrected chi connectivity index (χ0v) is 10.9. The van der Waals surface area contributed by atoms with E-state index in [0.717, 1.165) is 12.1 Å². The number of halogens is 1. The summed E-state index contributed by atoms with van der Waals surface area (Å²) in [4.78, 5) is 2.33. The van der Waals surface area contributed by atoms with E-state index in [9.17, 15) is 5.11 Å². The summed E-state index contributed by atoms with van der Waals surface area (Å²) in [5.41, 5.74) is 0.794. The highest BCUT2D eigenvalue weighted by atomic mass is 35.5. The molecule has 0 spiro atoms. The molecule has 0 aromatic heterocycles. The molecule has 0 bridgehead atoms. The van der Waals surface area contributed by atoms with Crippen molar-refractivity contribution in [2.75, 3.05) is 20.1 Å². The van der Waals surface area contributed by atoms with Crippen molar-refractivity contribution in [1.29, 1.82) is 0 Å². The van der Waals surface area contributed by atoms with Crippen molar-refractivity contribution >= 4 is 11.6 Å². The van der Waals surface area contributed by atoms with Crippen molar-refractivity contribution in [3.05, 3.63) is 28.8 Å². The first-order valence-corrected chi connectivity index (χ1v) is 6.43. The molecule has 0 aliphatic carbocycles. The fraction of sp³-hybridized carbons (Fsp3) is 0.538. The van der Waals surface area contributed by atoms with Crippen molar-refractivity contribution in [3.8, 4) is 5.75 Å². The average molecular weight is 255 g/mol. The summed E-state index contributed by atoms with van der Waals surface area (Å²) in [6, 6.07) is 5.74. The highest BCUT2D eigenvalue weighted by molar-refractivity contribution is 6.31. The fourth-order valence-electron chi connectivity index (χ4n) is 2.30. The number of hydrogen-bond donors (Lipinski definition) is 2. The van der Waals surface area contributed by atoms with E-state index in [2.05, 4.69) is 17.3 Å². The third-order valence-corrected chi connectivity index (χ3v) is 3.64. The second kappa shape index (κ2) is 5.71. The van der Waals surface area contributed by atoms with Gasteiger partial charge >= 0.3 is 0 Å². The van der Waals surface area contributed by atoms with Crippen LogP contribution in [0.1, 0.15) is 18.4 Å². The lowest BCUT2D eigenvalue weighted by Gasteiger charge is -2.30. The number of piperidine rings is 1. The summed E-state index contributed by atoms with van der Waals surface area (Å²) in [6.45, 7) is 2.87. The average Bonchev–Trinajstić information content (AvgIpc) is 2.28. The van der Waals surface area contributed by atoms with E-state index in [0.29, 0.717) is 17.6 Å². The minimum Gasteiger partial charge on any atom is -0.508 e. The molecule has 0 amide bonds. The number of hydrogen-bond acceptors (Lipinski definition) is 3. The van der Waals surface area contributed by atoms with Gasteiger partial charge < -0.3 is 15.3 Å². The van der Waals surface area contributed by atoms with E-state index in [1.165, 1.54) is 19.4 Å². The smallest absolute Gasteiger partial charge is 0.121 e. The van der Waals surface area contributed by atoms with Gasteiger partial charge in [0.2, 0.25) is 0 Å². The Morgan fingerprint density at radius 3 is 3.06 bits per heavy atom. The lowest BCUT2D eigenvalue weighted by Crippen LogP contribution is -2.43. The van der Waals surface area contributed by atoms with Crippen molar-refractivity contribution < 1.29 is 5.11 Å². The summed E-state index contributed by atoms with van der Waals surface area (Å²) in [5, 5.41) is 13.8. The highest BCUT2D eigenvalue weighted by Crippen LogP contribution is 2.25. The maximum atomic E-state index is 9.74. The normalized spacial score (nSPS) is 21.6. The van der Waals surface area contributed by atoms with Gasteiger partial charge in [-0.25, -0.2) is 0 Å². The van der Waals surface area contributed by atoms with Gasteiger partial charge in [-0.15, -0.1) is 0 Å². The number of likely N-dealkylation sites (N-methyl/N-ethyl adjacent to an activating group) is 1. The summed E-state index contributed by atoms with van der Waals surface area (Å²) >= 11 is 6.07. The number of rotatable bonds is 3. The summed E-state index contributed by atoms with van der Waals surface area (Å²) < 4.78 is 0. The van der Waals surface area contributed by atoms with Crippen LogP contribution < -0.4 is 5.32 Å². The Morgan fingerprint density at radius 1 is 1.53 bits per heavy atom. The van der Waals surface area contributed by atoms with E-state index in [1.54, 1.807) is 12.1 Å². The molecule has 94 valence electrons. The van der Waals surface area contributed by atoms with E-state index < -0.39 is 0 Å². The van der Waals surface area contributed by atoms with Gasteiger partial charge in [0.25, 0.3) is 0 Å². The fourth-order valence-corrected chi connectivity index (χ4v) is 2.54. The second-order valence-electron chi connectivity index (χ2n) is 4.72. The molecular weight excluding hydrogens is 236 g/mol. The molecule has 1 aliphatic heterocycles. The van der Waals surface area contributed by atoms with E-state index >= 15 is 0 Å². The second-order valence-corrected chi connectivity index (χ2v) is 5.13. The maximum Gasteiger partial charge on any atom is 0.121 e. The number of phenolic OH excluding ortho intramolecular Hbond substituents is 1. The summed E-state index contributed by atoms with van der Waals surface area (Å²) in [6.07, 6.45) is 2.41. The molecule has 1 unspecified atom stereocenters. The van der Waals surface area contributed by atoms with Gasteiger partial charge in [-0.3, -0.25) is 0 Å². The molecule has 4 heteroatoms. The molecule has 1 fully saturated rings. The number of benzene rings is 1. The van der Waals surface area contributed by atoms with Crippen molar-refractivity contribution in [1.82, 2.24) is 10.2 Å². The number of likely N-dealkylation sites (tertiary alicyclic amines) is 1. The van der Waals surface area contributed by atoms with Crippen LogP contribution in [0.2, 0.25) is 5.02 Å². The molecule has 3 nitrogen and oxygen atoms in total. The first-order chi connectivity index (χ1) is 8.16. The molecule has 0 saturated carbocycles. The van der Waals surface area contributed by atoms with Crippen LogP contribution in [0.3, 0.4) is 0 Å². The van der Waals surface area contributed by atoms with Gasteiger partial charge in [-0.1, -0.05) is 17.7 Å². The molecule has 1 aromatic carbocycles. The Kier molecular flexibility index (Phi) is 4.26. The largest absolute Gasteiger partial charge is 0.508 e. The van der Waals surface area contributed by atoms with Crippen LogP contribution in [0.25, 0.3) is 0 Å². The number of aromatic hydroxyl groups is 1. The molecule has 1 atom stereocenters. The third-order valence-electron chi connectivity index (χ3n) is 3.29. The van der Waals surface area contributed by atoms with Crippen LogP contribution in [-0.2, 0) is 6.54 Å². The predicted octanol–water partition coefficient (Wildman–Crippen LogP) is 2.23. The standard InChI is InChI=1S/C13H19ClN2O/c1-16-7-3-4-10(9-16)15-8-11-12(14)5-2-6-13(11)17/h2,5-6,10,15,17H,3-4,7-9H2,1H3. The Hall–Kier alpha value is -0.770. The lowest BCUT2D eigenvalue weighted by atomic mass is 10.1.